The van der Waals surface area contributed by atoms with Crippen LogP contribution in [-0.2, 0) is 4.79 Å². The van der Waals surface area contributed by atoms with Crippen LogP contribution >= 0.6 is 27.3 Å². The van der Waals surface area contributed by atoms with Gasteiger partial charge in [0.1, 0.15) is 0 Å². The molecule has 0 spiro atoms. The largest absolute Gasteiger partial charge is 0.402 e. The molecule has 8 nitrogen and oxygen atoms in total. The lowest BCUT2D eigenvalue weighted by Crippen LogP contribution is -2.07. The minimum atomic E-state index is -0.500. The van der Waals surface area contributed by atoms with Gasteiger partial charge in [-0.1, -0.05) is 17.2 Å². The zero-order valence-electron chi connectivity index (χ0n) is 12.4. The fourth-order valence-electron chi connectivity index (χ4n) is 1.86. The number of thiophene rings is 1. The van der Waals surface area contributed by atoms with E-state index in [2.05, 4.69) is 31.4 Å². The molecule has 126 valence electrons. The van der Waals surface area contributed by atoms with Gasteiger partial charge in [0.15, 0.2) is 0 Å². The molecule has 0 saturated heterocycles. The van der Waals surface area contributed by atoms with E-state index in [1.54, 1.807) is 12.1 Å². The summed E-state index contributed by atoms with van der Waals surface area (Å²) in [6.45, 7) is 0. The highest BCUT2D eigenvalue weighted by Crippen LogP contribution is 2.30. The summed E-state index contributed by atoms with van der Waals surface area (Å²) in [7, 11) is 0. The van der Waals surface area contributed by atoms with Crippen LogP contribution in [0.2, 0.25) is 0 Å². The molecule has 0 bridgehead atoms. The third-order valence-corrected chi connectivity index (χ3v) is 4.56. The Labute approximate surface area is 153 Å². The number of nitrogens with zero attached hydrogens (tertiary/aromatic N) is 3. The lowest BCUT2D eigenvalue weighted by atomic mass is 10.2. The molecule has 1 aromatic carbocycles. The van der Waals surface area contributed by atoms with Crippen molar-refractivity contribution in [2.24, 2.45) is 0 Å². The number of amides is 1. The van der Waals surface area contributed by atoms with Gasteiger partial charge in [-0.25, -0.2) is 0 Å². The number of hydrogen-bond donors (Lipinski definition) is 1. The number of aromatic nitrogens is 2. The van der Waals surface area contributed by atoms with Crippen LogP contribution in [0.1, 0.15) is 5.56 Å². The van der Waals surface area contributed by atoms with Crippen LogP contribution in [0.4, 0.5) is 11.7 Å². The van der Waals surface area contributed by atoms with Crippen LogP contribution in [0.25, 0.3) is 16.8 Å². The van der Waals surface area contributed by atoms with Crippen LogP contribution in [-0.4, -0.2) is 21.0 Å². The maximum absolute atomic E-state index is 11.9. The normalized spacial score (nSPS) is 10.9. The Bertz CT molecular complexity index is 966. The van der Waals surface area contributed by atoms with Gasteiger partial charge < -0.3 is 4.42 Å². The Balaban J connectivity index is 1.66. The monoisotopic (exact) mass is 420 g/mol. The smallest absolute Gasteiger partial charge is 0.322 e. The van der Waals surface area contributed by atoms with Gasteiger partial charge >= 0.3 is 6.01 Å². The summed E-state index contributed by atoms with van der Waals surface area (Å²) in [5.74, 6) is -0.192. The van der Waals surface area contributed by atoms with E-state index in [1.165, 1.54) is 35.6 Å². The maximum Gasteiger partial charge on any atom is 0.322 e. The fourth-order valence-corrected chi connectivity index (χ4v) is 3.17. The molecule has 2 aromatic heterocycles. The highest BCUT2D eigenvalue weighted by Gasteiger charge is 2.12. The van der Waals surface area contributed by atoms with E-state index in [0.29, 0.717) is 11.5 Å². The summed E-state index contributed by atoms with van der Waals surface area (Å²) in [6, 6.07) is 9.56. The number of carbonyl (C=O) groups excluding carboxylic acids is 1. The average molecular weight is 421 g/mol. The second-order valence-electron chi connectivity index (χ2n) is 4.69. The first-order chi connectivity index (χ1) is 12.0. The molecule has 0 fully saturated rings. The molecule has 25 heavy (non-hydrogen) atoms. The minimum absolute atomic E-state index is 0.0341. The number of nitro groups is 1. The zero-order chi connectivity index (χ0) is 17.8. The van der Waals surface area contributed by atoms with Gasteiger partial charge in [0, 0.05) is 18.2 Å². The maximum atomic E-state index is 11.9. The lowest BCUT2D eigenvalue weighted by Gasteiger charge is -1.95. The summed E-state index contributed by atoms with van der Waals surface area (Å²) in [5.41, 5.74) is 0.477. The molecular weight excluding hydrogens is 412 g/mol. The molecule has 3 rings (SSSR count). The molecule has 0 aliphatic carbocycles. The predicted molar refractivity (Wildman–Crippen MR) is 96.1 cm³/mol. The molecule has 2 heterocycles. The molecule has 0 aliphatic heterocycles. The molecule has 1 N–H and O–H groups in total. The van der Waals surface area contributed by atoms with Crippen molar-refractivity contribution in [1.82, 2.24) is 10.2 Å². The summed E-state index contributed by atoms with van der Waals surface area (Å²) in [6.07, 6.45) is 2.68. The van der Waals surface area contributed by atoms with Gasteiger partial charge in [-0.15, -0.1) is 16.4 Å². The van der Waals surface area contributed by atoms with Crippen molar-refractivity contribution in [3.8, 4) is 10.8 Å². The number of nitrogens with one attached hydrogen (secondary N) is 1. The molecule has 0 saturated carbocycles. The summed E-state index contributed by atoms with van der Waals surface area (Å²) >= 11 is 4.76. The van der Waals surface area contributed by atoms with Gasteiger partial charge in [-0.2, -0.15) is 0 Å². The second kappa shape index (κ2) is 7.36. The molecule has 3 aromatic rings. The Morgan fingerprint density at radius 3 is 2.88 bits per heavy atom. The first-order valence-corrected chi connectivity index (χ1v) is 8.45. The molecular formula is C15H9BrN4O4S. The summed E-state index contributed by atoms with van der Waals surface area (Å²) < 4.78 is 6.29. The Hall–Kier alpha value is -2.85. The van der Waals surface area contributed by atoms with Gasteiger partial charge in [0.2, 0.25) is 0 Å². The van der Waals surface area contributed by atoms with Crippen molar-refractivity contribution in [2.75, 3.05) is 5.32 Å². The molecule has 1 amide bonds. The van der Waals surface area contributed by atoms with Crippen LogP contribution in [0.5, 0.6) is 0 Å². The second-order valence-corrected chi connectivity index (χ2v) is 7.15. The van der Waals surface area contributed by atoms with E-state index >= 15 is 0 Å². The third-order valence-electron chi connectivity index (χ3n) is 2.95. The van der Waals surface area contributed by atoms with Crippen LogP contribution in [0.15, 0.2) is 50.7 Å². The molecule has 0 atom stereocenters. The quantitative estimate of drug-likeness (QED) is 0.377. The van der Waals surface area contributed by atoms with Gasteiger partial charge in [-0.05, 0) is 39.7 Å². The van der Waals surface area contributed by atoms with Gasteiger partial charge in [0.05, 0.1) is 13.6 Å². The van der Waals surface area contributed by atoms with Crippen LogP contribution in [0.3, 0.4) is 0 Å². The highest BCUT2D eigenvalue weighted by atomic mass is 79.9. The molecule has 0 aliphatic rings. The zero-order valence-corrected chi connectivity index (χ0v) is 14.8. The molecule has 0 radical (unpaired) electrons. The van der Waals surface area contributed by atoms with E-state index in [4.69, 9.17) is 4.42 Å². The van der Waals surface area contributed by atoms with Crippen molar-refractivity contribution in [3.05, 3.63) is 61.9 Å². The van der Waals surface area contributed by atoms with Gasteiger partial charge in [0.25, 0.3) is 17.5 Å². The van der Waals surface area contributed by atoms with Crippen molar-refractivity contribution >= 4 is 51.0 Å². The first kappa shape index (κ1) is 17.0. The number of carbonyl (C=O) groups is 1. The number of nitro benzene ring substituents is 1. The number of anilines is 1. The average Bonchev–Trinajstić information content (AvgIpc) is 3.22. The Morgan fingerprint density at radius 2 is 2.16 bits per heavy atom. The van der Waals surface area contributed by atoms with Crippen LogP contribution < -0.4 is 5.32 Å². The minimum Gasteiger partial charge on any atom is -0.402 e. The predicted octanol–water partition coefficient (Wildman–Crippen LogP) is 4.12. The highest BCUT2D eigenvalue weighted by molar-refractivity contribution is 9.11. The van der Waals surface area contributed by atoms with Crippen molar-refractivity contribution in [1.29, 1.82) is 0 Å². The van der Waals surface area contributed by atoms with Crippen molar-refractivity contribution in [3.63, 3.8) is 0 Å². The molecule has 10 heteroatoms. The van der Waals surface area contributed by atoms with E-state index in [1.807, 2.05) is 12.1 Å². The van der Waals surface area contributed by atoms with E-state index < -0.39 is 10.8 Å². The van der Waals surface area contributed by atoms with Gasteiger partial charge in [-0.3, -0.25) is 20.2 Å². The first-order valence-electron chi connectivity index (χ1n) is 6.84. The number of rotatable bonds is 5. The molecule has 0 unspecified atom stereocenters. The van der Waals surface area contributed by atoms with E-state index in [9.17, 15) is 14.9 Å². The van der Waals surface area contributed by atoms with Crippen molar-refractivity contribution in [2.45, 2.75) is 0 Å². The van der Waals surface area contributed by atoms with Crippen molar-refractivity contribution < 1.29 is 14.1 Å². The lowest BCUT2D eigenvalue weighted by molar-refractivity contribution is -0.384. The Morgan fingerprint density at radius 1 is 1.32 bits per heavy atom. The Kier molecular flexibility index (Phi) is 5.00. The summed E-state index contributed by atoms with van der Waals surface area (Å²) in [4.78, 5) is 22.9. The number of hydrogen-bond acceptors (Lipinski definition) is 7. The number of benzene rings is 1. The summed E-state index contributed by atoms with van der Waals surface area (Å²) in [5, 5.41) is 20.8. The standard InChI is InChI=1S/C15H9BrN4O4S/c16-12-6-5-11(25-12)14-18-19-15(24-14)17-13(21)7-4-9-2-1-3-10(8-9)20(22)23/h1-8H,(H,17,19,21)/b7-4+. The topological polar surface area (TPSA) is 111 Å². The SMILES string of the molecule is O=C(/C=C/c1cccc([N+](=O)[O-])c1)Nc1nnc(-c2ccc(Br)s2)o1. The third kappa shape index (κ3) is 4.37. The van der Waals surface area contributed by atoms with E-state index in [0.717, 1.165) is 8.66 Å². The van der Waals surface area contributed by atoms with Crippen LogP contribution in [0, 0.1) is 10.1 Å². The fraction of sp³-hybridized carbons (Fsp3) is 0. The van der Waals surface area contributed by atoms with E-state index in [-0.39, 0.29) is 11.7 Å². The number of halogens is 1. The number of non-ortho nitro benzene ring substituents is 1.